The molecule has 1 atom stereocenters. The number of hydrogen-bond donors (Lipinski definition) is 1. The zero-order chi connectivity index (χ0) is 26.4. The molecule has 0 radical (unpaired) electrons. The number of ether oxygens (including phenoxy) is 1. The number of amides is 1. The quantitative estimate of drug-likeness (QED) is 0.127. The lowest BCUT2D eigenvalue weighted by atomic mass is 10.0. The first-order valence-electron chi connectivity index (χ1n) is 14.7. The van der Waals surface area contributed by atoms with Gasteiger partial charge in [0.05, 0.1) is 6.61 Å². The number of nitrogens with one attached hydrogen (secondary N) is 1. The van der Waals surface area contributed by atoms with E-state index < -0.39 is 23.7 Å². The van der Waals surface area contributed by atoms with E-state index in [1.165, 1.54) is 114 Å². The largest absolute Gasteiger partial charge is 0.464 e. The van der Waals surface area contributed by atoms with Gasteiger partial charge < -0.3 is 10.1 Å². The molecular formula is C31H52FNO3. The number of carbonyl (C=O) groups excluding carboxylic acids is 2. The number of esters is 1. The zero-order valence-electron chi connectivity index (χ0n) is 23.3. The summed E-state index contributed by atoms with van der Waals surface area (Å²) < 4.78 is 18.9. The molecule has 0 aliphatic carbocycles. The molecule has 1 rings (SSSR count). The van der Waals surface area contributed by atoms with Crippen LogP contribution < -0.4 is 5.32 Å². The molecule has 0 aliphatic rings. The van der Waals surface area contributed by atoms with Gasteiger partial charge in [-0.1, -0.05) is 123 Å². The van der Waals surface area contributed by atoms with E-state index in [2.05, 4.69) is 12.2 Å². The minimum Gasteiger partial charge on any atom is -0.464 e. The van der Waals surface area contributed by atoms with E-state index in [0.717, 1.165) is 12.8 Å². The smallest absolute Gasteiger partial charge is 0.328 e. The van der Waals surface area contributed by atoms with Crippen molar-refractivity contribution in [3.8, 4) is 0 Å². The van der Waals surface area contributed by atoms with Crippen LogP contribution in [0.2, 0.25) is 0 Å². The average Bonchev–Trinajstić information content (AvgIpc) is 2.85. The molecule has 0 heterocycles. The number of benzene rings is 1. The molecule has 1 unspecified atom stereocenters. The molecule has 0 spiro atoms. The molecule has 0 aromatic heterocycles. The standard InChI is InChI=1S/C31H52FNO3/c1-4-5-6-7-8-9-10-11-12-13-14-15-16-17-18-19-23-36-31(35)29(24-26(2)3)33-30(34)27-21-20-22-28(32)25-27/h20-22,25-26,29H,4-19,23-24H2,1-3H3,(H,33,34). The molecule has 206 valence electrons. The molecule has 36 heavy (non-hydrogen) atoms. The van der Waals surface area contributed by atoms with Crippen molar-refractivity contribution in [1.29, 1.82) is 0 Å². The van der Waals surface area contributed by atoms with Gasteiger partial charge in [-0.3, -0.25) is 4.79 Å². The lowest BCUT2D eigenvalue weighted by molar-refractivity contribution is -0.146. The number of rotatable bonds is 22. The van der Waals surface area contributed by atoms with Gasteiger partial charge in [-0.15, -0.1) is 0 Å². The summed E-state index contributed by atoms with van der Waals surface area (Å²) in [6.45, 7) is 6.63. The molecule has 1 N–H and O–H groups in total. The van der Waals surface area contributed by atoms with Crippen LogP contribution in [0.25, 0.3) is 0 Å². The Bertz CT molecular complexity index is 707. The highest BCUT2D eigenvalue weighted by Crippen LogP contribution is 2.14. The SMILES string of the molecule is CCCCCCCCCCCCCCCCCCOC(=O)C(CC(C)C)NC(=O)c1cccc(F)c1. The van der Waals surface area contributed by atoms with E-state index in [1.54, 1.807) is 0 Å². The molecule has 4 nitrogen and oxygen atoms in total. The van der Waals surface area contributed by atoms with E-state index in [-0.39, 0.29) is 11.5 Å². The third kappa shape index (κ3) is 16.7. The van der Waals surface area contributed by atoms with Crippen LogP contribution in [0.4, 0.5) is 4.39 Å². The molecule has 0 saturated carbocycles. The molecule has 0 saturated heterocycles. The molecule has 0 fully saturated rings. The van der Waals surface area contributed by atoms with Crippen LogP contribution in [-0.4, -0.2) is 24.5 Å². The fourth-order valence-electron chi connectivity index (χ4n) is 4.48. The van der Waals surface area contributed by atoms with Crippen molar-refractivity contribution >= 4 is 11.9 Å². The lowest BCUT2D eigenvalue weighted by Gasteiger charge is -2.19. The Hall–Kier alpha value is -1.91. The summed E-state index contributed by atoms with van der Waals surface area (Å²) in [4.78, 5) is 25.0. The van der Waals surface area contributed by atoms with Gasteiger partial charge in [0.25, 0.3) is 5.91 Å². The van der Waals surface area contributed by atoms with Gasteiger partial charge in [0.15, 0.2) is 0 Å². The first-order valence-corrected chi connectivity index (χ1v) is 14.7. The van der Waals surface area contributed by atoms with E-state index >= 15 is 0 Å². The van der Waals surface area contributed by atoms with Gasteiger partial charge in [0, 0.05) is 5.56 Å². The van der Waals surface area contributed by atoms with Crippen molar-refractivity contribution in [2.45, 2.75) is 136 Å². The predicted molar refractivity (Wildman–Crippen MR) is 148 cm³/mol. The van der Waals surface area contributed by atoms with Gasteiger partial charge in [-0.25, -0.2) is 9.18 Å². The minimum absolute atomic E-state index is 0.203. The minimum atomic E-state index is -0.721. The summed E-state index contributed by atoms with van der Waals surface area (Å²) in [5.41, 5.74) is 0.203. The number of unbranched alkanes of at least 4 members (excludes halogenated alkanes) is 15. The van der Waals surface area contributed by atoms with Crippen molar-refractivity contribution < 1.29 is 18.7 Å². The Balaban J connectivity index is 2.07. The van der Waals surface area contributed by atoms with Gasteiger partial charge in [0.2, 0.25) is 0 Å². The Kier molecular flexibility index (Phi) is 18.9. The lowest BCUT2D eigenvalue weighted by Crippen LogP contribution is -2.42. The van der Waals surface area contributed by atoms with E-state index in [1.807, 2.05) is 13.8 Å². The summed E-state index contributed by atoms with van der Waals surface area (Å²) in [5.74, 6) is -1.13. The average molecular weight is 506 g/mol. The Morgan fingerprint density at radius 3 is 1.78 bits per heavy atom. The molecule has 1 aromatic carbocycles. The summed E-state index contributed by atoms with van der Waals surface area (Å²) in [6.07, 6.45) is 21.3. The van der Waals surface area contributed by atoms with Crippen molar-refractivity contribution in [3.05, 3.63) is 35.6 Å². The summed E-state index contributed by atoms with van der Waals surface area (Å²) in [5, 5.41) is 2.72. The van der Waals surface area contributed by atoms with E-state index in [0.29, 0.717) is 13.0 Å². The van der Waals surface area contributed by atoms with Crippen molar-refractivity contribution in [2.75, 3.05) is 6.61 Å². The van der Waals surface area contributed by atoms with Crippen LogP contribution in [0.15, 0.2) is 24.3 Å². The first-order chi connectivity index (χ1) is 17.4. The number of carbonyl (C=O) groups is 2. The Labute approximate surface area is 220 Å². The van der Waals surface area contributed by atoms with Crippen LogP contribution in [0.3, 0.4) is 0 Å². The highest BCUT2D eigenvalue weighted by atomic mass is 19.1. The molecule has 5 heteroatoms. The van der Waals surface area contributed by atoms with Gasteiger partial charge in [-0.05, 0) is 37.0 Å². The molecule has 0 aliphatic heterocycles. The molecule has 1 aromatic rings. The van der Waals surface area contributed by atoms with Crippen LogP contribution in [0, 0.1) is 11.7 Å². The van der Waals surface area contributed by atoms with Crippen LogP contribution in [-0.2, 0) is 9.53 Å². The highest BCUT2D eigenvalue weighted by Gasteiger charge is 2.24. The Morgan fingerprint density at radius 2 is 1.31 bits per heavy atom. The Morgan fingerprint density at radius 1 is 0.806 bits per heavy atom. The van der Waals surface area contributed by atoms with Crippen molar-refractivity contribution in [1.82, 2.24) is 5.32 Å². The monoisotopic (exact) mass is 505 g/mol. The predicted octanol–water partition coefficient (Wildman–Crippen LogP) is 8.77. The van der Waals surface area contributed by atoms with Crippen LogP contribution in [0.1, 0.15) is 140 Å². The van der Waals surface area contributed by atoms with E-state index in [4.69, 9.17) is 4.74 Å². The van der Waals surface area contributed by atoms with Gasteiger partial charge in [-0.2, -0.15) is 0 Å². The second kappa shape index (κ2) is 21.2. The first kappa shape index (κ1) is 32.1. The molecule has 1 amide bonds. The topological polar surface area (TPSA) is 55.4 Å². The molecular weight excluding hydrogens is 453 g/mol. The normalized spacial score (nSPS) is 12.0. The van der Waals surface area contributed by atoms with Gasteiger partial charge >= 0.3 is 5.97 Å². The summed E-state index contributed by atoms with van der Waals surface area (Å²) >= 11 is 0. The summed E-state index contributed by atoms with van der Waals surface area (Å²) in [7, 11) is 0. The highest BCUT2D eigenvalue weighted by molar-refractivity contribution is 5.96. The summed E-state index contributed by atoms with van der Waals surface area (Å²) in [6, 6.07) is 4.75. The third-order valence-electron chi connectivity index (χ3n) is 6.63. The van der Waals surface area contributed by atoms with Crippen molar-refractivity contribution in [2.24, 2.45) is 5.92 Å². The van der Waals surface area contributed by atoms with Crippen molar-refractivity contribution in [3.63, 3.8) is 0 Å². The second-order valence-electron chi connectivity index (χ2n) is 10.6. The zero-order valence-corrected chi connectivity index (χ0v) is 23.3. The fraction of sp³-hybridized carbons (Fsp3) is 0.742. The maximum Gasteiger partial charge on any atom is 0.328 e. The maximum absolute atomic E-state index is 13.4. The van der Waals surface area contributed by atoms with Crippen LogP contribution >= 0.6 is 0 Å². The molecule has 0 bridgehead atoms. The maximum atomic E-state index is 13.4. The second-order valence-corrected chi connectivity index (χ2v) is 10.6. The third-order valence-corrected chi connectivity index (χ3v) is 6.63. The van der Waals surface area contributed by atoms with E-state index in [9.17, 15) is 14.0 Å². The number of halogens is 1. The fourth-order valence-corrected chi connectivity index (χ4v) is 4.48. The number of hydrogen-bond acceptors (Lipinski definition) is 3. The van der Waals surface area contributed by atoms with Gasteiger partial charge in [0.1, 0.15) is 11.9 Å². The van der Waals surface area contributed by atoms with Crippen LogP contribution in [0.5, 0.6) is 0 Å².